The third kappa shape index (κ3) is 11.5. The van der Waals surface area contributed by atoms with Crippen LogP contribution in [0.2, 0.25) is 0 Å². The van der Waals surface area contributed by atoms with E-state index >= 15 is 0 Å². The van der Waals surface area contributed by atoms with Crippen LogP contribution in [0.5, 0.6) is 0 Å². The second-order valence-corrected chi connectivity index (χ2v) is 22.6. The van der Waals surface area contributed by atoms with E-state index in [-0.39, 0.29) is 66.2 Å². The second kappa shape index (κ2) is 22.5. The van der Waals surface area contributed by atoms with Gasteiger partial charge in [-0.25, -0.2) is 9.97 Å². The summed E-state index contributed by atoms with van der Waals surface area (Å²) in [5.74, 6) is -0.216. The molecule has 0 saturated carbocycles. The molecule has 10 rings (SSSR count). The summed E-state index contributed by atoms with van der Waals surface area (Å²) in [6.45, 7) is 14.5. The molecular weight excluding hydrogens is 995 g/mol. The van der Waals surface area contributed by atoms with Crippen molar-refractivity contribution in [1.29, 1.82) is 0 Å². The molecule has 0 aliphatic carbocycles. The minimum absolute atomic E-state index is 0.0539. The first kappa shape index (κ1) is 53.3. The molecule has 18 nitrogen and oxygen atoms in total. The number of aliphatic hydroxyl groups excluding tert-OH is 1. The van der Waals surface area contributed by atoms with Gasteiger partial charge in [0.1, 0.15) is 17.5 Å². The van der Waals surface area contributed by atoms with Gasteiger partial charge < -0.3 is 34.8 Å². The SMILES string of the molecule is Cc1ncsc1-c1ccc([C@H](C)NC(=O)[C@@H]2C[C@H](O)CN2C(=O)[C@@H](c2cc(N3CCN(Cc4ccc(-c5c6ncn(CC7(O)CCN(C(=O)C[C@@H](C)c8ccccc8)CC7)c(=O)c6nn5C)cc4)CC3)no2)C(C)C)cc1. The van der Waals surface area contributed by atoms with Crippen LogP contribution in [-0.2, 0) is 34.5 Å². The molecule has 77 heavy (non-hydrogen) atoms. The molecule has 3 aromatic carbocycles. The van der Waals surface area contributed by atoms with E-state index in [0.717, 1.165) is 63.7 Å². The quantitative estimate of drug-likeness (QED) is 0.0926. The van der Waals surface area contributed by atoms with Crippen molar-refractivity contribution in [3.05, 3.63) is 135 Å². The number of amides is 3. The van der Waals surface area contributed by atoms with Crippen LogP contribution in [0.1, 0.15) is 99.4 Å². The number of piperazine rings is 1. The molecule has 0 bridgehead atoms. The number of aryl methyl sites for hydroxylation is 2. The zero-order chi connectivity index (χ0) is 54.1. The van der Waals surface area contributed by atoms with Crippen molar-refractivity contribution in [2.24, 2.45) is 13.0 Å². The van der Waals surface area contributed by atoms with Crippen LogP contribution in [0.25, 0.3) is 32.7 Å². The first-order valence-electron chi connectivity index (χ1n) is 26.8. The lowest BCUT2D eigenvalue weighted by molar-refractivity contribution is -0.141. The summed E-state index contributed by atoms with van der Waals surface area (Å²) < 4.78 is 9.04. The maximum atomic E-state index is 14.4. The molecule has 3 amide bonds. The number of piperidine rings is 1. The Morgan fingerprint density at radius 2 is 1.57 bits per heavy atom. The molecule has 0 unspecified atom stereocenters. The van der Waals surface area contributed by atoms with Gasteiger partial charge in [0.25, 0.3) is 5.56 Å². The third-order valence-electron chi connectivity index (χ3n) is 15.9. The molecule has 3 N–H and O–H groups in total. The first-order valence-corrected chi connectivity index (χ1v) is 27.7. The number of likely N-dealkylation sites (tertiary alicyclic amines) is 2. The summed E-state index contributed by atoms with van der Waals surface area (Å²) in [6, 6.07) is 27.0. The van der Waals surface area contributed by atoms with Crippen LogP contribution < -0.4 is 15.8 Å². The van der Waals surface area contributed by atoms with E-state index in [1.54, 1.807) is 23.1 Å². The van der Waals surface area contributed by atoms with Crippen LogP contribution in [0.3, 0.4) is 0 Å². The molecule has 7 heterocycles. The summed E-state index contributed by atoms with van der Waals surface area (Å²) in [6.07, 6.45) is 1.92. The minimum Gasteiger partial charge on any atom is -0.391 e. The number of β-amino-alcohol motifs (C(OH)–C–C–N with tert-alkyl or cyclic N) is 1. The number of carbonyl (C=O) groups excluding carboxylic acids is 3. The number of aliphatic hydroxyl groups is 2. The van der Waals surface area contributed by atoms with Gasteiger partial charge in [0.05, 0.1) is 52.4 Å². The van der Waals surface area contributed by atoms with Crippen LogP contribution >= 0.6 is 11.3 Å². The van der Waals surface area contributed by atoms with E-state index in [1.165, 1.54) is 15.8 Å². The Balaban J connectivity index is 0.717. The lowest BCUT2D eigenvalue weighted by Gasteiger charge is -2.38. The van der Waals surface area contributed by atoms with Gasteiger partial charge in [-0.2, -0.15) is 5.10 Å². The van der Waals surface area contributed by atoms with Crippen LogP contribution in [0.15, 0.2) is 106 Å². The van der Waals surface area contributed by atoms with E-state index < -0.39 is 23.7 Å². The van der Waals surface area contributed by atoms with Crippen LogP contribution in [0.4, 0.5) is 5.82 Å². The van der Waals surface area contributed by atoms with Crippen molar-refractivity contribution in [3.8, 4) is 21.7 Å². The van der Waals surface area contributed by atoms with Gasteiger partial charge in [0.15, 0.2) is 17.1 Å². The number of thiazole rings is 1. The minimum atomic E-state index is -1.16. The molecule has 404 valence electrons. The summed E-state index contributed by atoms with van der Waals surface area (Å²) in [5.41, 5.74) is 7.89. The van der Waals surface area contributed by atoms with Crippen molar-refractivity contribution in [1.82, 2.24) is 49.5 Å². The molecular formula is C58H69N11O7S. The van der Waals surface area contributed by atoms with Gasteiger partial charge in [-0.1, -0.05) is 105 Å². The van der Waals surface area contributed by atoms with Crippen molar-refractivity contribution in [2.75, 3.05) is 50.7 Å². The smallest absolute Gasteiger partial charge is 0.281 e. The average molecular weight is 1060 g/mol. The fraction of sp³-hybridized carbons (Fsp3) is 0.448. The number of hydrogen-bond acceptors (Lipinski definition) is 14. The Morgan fingerprint density at radius 1 is 0.870 bits per heavy atom. The number of nitrogens with one attached hydrogen (secondary N) is 1. The Morgan fingerprint density at radius 3 is 2.25 bits per heavy atom. The molecule has 3 fully saturated rings. The molecule has 3 aliphatic heterocycles. The summed E-state index contributed by atoms with van der Waals surface area (Å²) in [7, 11) is 1.80. The number of aromatic nitrogens is 6. The van der Waals surface area contributed by atoms with E-state index in [1.807, 2.05) is 111 Å². The largest absolute Gasteiger partial charge is 0.391 e. The number of fused-ring (bicyclic) bond motifs is 1. The molecule has 0 spiro atoms. The Hall–Kier alpha value is -7.06. The molecule has 0 radical (unpaired) electrons. The van der Waals surface area contributed by atoms with E-state index in [2.05, 4.69) is 49.4 Å². The highest BCUT2D eigenvalue weighted by Gasteiger charge is 2.44. The third-order valence-corrected chi connectivity index (χ3v) is 16.9. The van der Waals surface area contributed by atoms with E-state index in [9.17, 15) is 29.4 Å². The summed E-state index contributed by atoms with van der Waals surface area (Å²) in [4.78, 5) is 73.3. The highest BCUT2D eigenvalue weighted by Crippen LogP contribution is 2.35. The topological polar surface area (TPSA) is 208 Å². The maximum Gasteiger partial charge on any atom is 0.281 e. The predicted molar refractivity (Wildman–Crippen MR) is 295 cm³/mol. The number of benzene rings is 3. The zero-order valence-corrected chi connectivity index (χ0v) is 45.5. The lowest BCUT2D eigenvalue weighted by Crippen LogP contribution is -2.49. The number of carbonyl (C=O) groups is 3. The van der Waals surface area contributed by atoms with E-state index in [0.29, 0.717) is 62.5 Å². The van der Waals surface area contributed by atoms with Crippen molar-refractivity contribution in [3.63, 3.8) is 0 Å². The van der Waals surface area contributed by atoms with Gasteiger partial charge in [0, 0.05) is 83.9 Å². The van der Waals surface area contributed by atoms with Crippen molar-refractivity contribution in [2.45, 2.75) is 109 Å². The predicted octanol–water partition coefficient (Wildman–Crippen LogP) is 6.67. The normalized spacial score (nSPS) is 19.2. The number of nitrogens with zero attached hydrogens (tertiary/aromatic N) is 10. The Kier molecular flexibility index (Phi) is 15.6. The molecule has 5 atom stereocenters. The Bertz CT molecular complexity index is 3260. The average Bonchev–Trinajstić information content (AvgIpc) is 4.29. The zero-order valence-electron chi connectivity index (χ0n) is 44.7. The van der Waals surface area contributed by atoms with E-state index in [4.69, 9.17) is 9.51 Å². The molecule has 3 saturated heterocycles. The first-order chi connectivity index (χ1) is 37.0. The van der Waals surface area contributed by atoms with Gasteiger partial charge in [0.2, 0.25) is 17.7 Å². The molecule has 7 aromatic rings. The van der Waals surface area contributed by atoms with Gasteiger partial charge in [-0.15, -0.1) is 11.3 Å². The summed E-state index contributed by atoms with van der Waals surface area (Å²) in [5, 5.41) is 34.5. The fourth-order valence-corrected chi connectivity index (χ4v) is 12.1. The fourth-order valence-electron chi connectivity index (χ4n) is 11.3. The number of hydrogen-bond donors (Lipinski definition) is 3. The lowest BCUT2D eigenvalue weighted by atomic mass is 9.90. The maximum absolute atomic E-state index is 14.4. The van der Waals surface area contributed by atoms with Crippen LogP contribution in [0, 0.1) is 12.8 Å². The van der Waals surface area contributed by atoms with Crippen LogP contribution in [-0.4, -0.2) is 136 Å². The number of anilines is 1. The van der Waals surface area contributed by atoms with Gasteiger partial charge >= 0.3 is 0 Å². The highest BCUT2D eigenvalue weighted by molar-refractivity contribution is 7.13. The summed E-state index contributed by atoms with van der Waals surface area (Å²) >= 11 is 1.59. The monoisotopic (exact) mass is 1060 g/mol. The molecule has 3 aliphatic rings. The number of rotatable bonds is 16. The van der Waals surface area contributed by atoms with Gasteiger partial charge in [-0.3, -0.25) is 33.3 Å². The molecule has 19 heteroatoms. The van der Waals surface area contributed by atoms with Gasteiger partial charge in [-0.05, 0) is 60.8 Å². The second-order valence-electron chi connectivity index (χ2n) is 21.8. The molecule has 4 aromatic heterocycles. The van der Waals surface area contributed by atoms with Crippen molar-refractivity contribution < 1.29 is 29.1 Å². The van der Waals surface area contributed by atoms with Crippen molar-refractivity contribution >= 4 is 45.9 Å². The highest BCUT2D eigenvalue weighted by atomic mass is 32.1. The Labute approximate surface area is 452 Å². The standard InChI is InChI=1S/C58H69N11O7S/c1-36(2)50(56(73)69-32-45(70)29-46(69)55(72)61-38(4)42-16-18-44(19-17-42)54-39(5)60-35-77-54)47-30-48(63-76-47)66-26-24-65(25-27-66)31-40-12-14-43(15-13-40)53-51-52(62-64(53)6)57(74)68(34-59-51)33-58(75)20-22-67(23-21-58)49(71)28-37(3)41-10-8-7-9-11-41/h7-19,30,34-38,45-46,50,70,75H,20-29,31-33H2,1-6H3,(H,61,72)/t37-,38+,45+,46+,50-/m1/s1.